The summed E-state index contributed by atoms with van der Waals surface area (Å²) in [5, 5.41) is -0.956. The van der Waals surface area contributed by atoms with Crippen molar-refractivity contribution in [2.24, 2.45) is 11.5 Å². The Morgan fingerprint density at radius 1 is 1.28 bits per heavy atom. The minimum absolute atomic E-state index is 0.358. The summed E-state index contributed by atoms with van der Waals surface area (Å²) in [6, 6.07) is -0.358. The second kappa shape index (κ2) is 7.06. The fraction of sp³-hybridized carbons (Fsp3) is 0.667. The van der Waals surface area contributed by atoms with Gasteiger partial charge in [-0.25, -0.2) is 0 Å². The van der Waals surface area contributed by atoms with Crippen molar-refractivity contribution in [2.75, 3.05) is 13.2 Å². The zero-order chi connectivity index (χ0) is 14.4. The van der Waals surface area contributed by atoms with Gasteiger partial charge in [0.25, 0.3) is 0 Å². The maximum Gasteiger partial charge on any atom is 0.378 e. The molecule has 18 heavy (non-hydrogen) atoms. The van der Waals surface area contributed by atoms with Crippen LogP contribution in [0.2, 0.25) is 6.55 Å². The van der Waals surface area contributed by atoms with Crippen LogP contribution in [0.1, 0.15) is 20.8 Å². The molecule has 2 atom stereocenters. The van der Waals surface area contributed by atoms with Crippen molar-refractivity contribution in [3.05, 3.63) is 25.6 Å². The first-order valence-corrected chi connectivity index (χ1v) is 8.51. The fourth-order valence-electron chi connectivity index (χ4n) is 2.08. The SMILES string of the molecule is C=CN(C=C)C(N)(C(C)N)[Si](C)(OCC)OCC. The van der Waals surface area contributed by atoms with E-state index in [9.17, 15) is 0 Å². The van der Waals surface area contributed by atoms with E-state index in [1.165, 1.54) is 0 Å². The number of nitrogens with two attached hydrogens (primary N) is 2. The van der Waals surface area contributed by atoms with Crippen molar-refractivity contribution in [3.8, 4) is 0 Å². The van der Waals surface area contributed by atoms with Crippen molar-refractivity contribution < 1.29 is 8.85 Å². The minimum atomic E-state index is -2.73. The highest BCUT2D eigenvalue weighted by atomic mass is 28.4. The molecular weight excluding hydrogens is 246 g/mol. The van der Waals surface area contributed by atoms with Gasteiger partial charge in [0.15, 0.2) is 5.29 Å². The van der Waals surface area contributed by atoms with Crippen molar-refractivity contribution in [1.29, 1.82) is 0 Å². The predicted octanol–water partition coefficient (Wildman–Crippen LogP) is 1.26. The van der Waals surface area contributed by atoms with Crippen LogP contribution in [0.4, 0.5) is 0 Å². The fourth-order valence-corrected chi connectivity index (χ4v) is 5.21. The van der Waals surface area contributed by atoms with Crippen LogP contribution in [-0.2, 0) is 8.85 Å². The Morgan fingerprint density at radius 2 is 1.67 bits per heavy atom. The van der Waals surface area contributed by atoms with Crippen LogP contribution in [0.25, 0.3) is 0 Å². The zero-order valence-electron chi connectivity index (χ0n) is 12.0. The molecule has 0 fully saturated rings. The van der Waals surface area contributed by atoms with Crippen molar-refractivity contribution in [2.45, 2.75) is 38.6 Å². The number of rotatable bonds is 9. The molecule has 0 amide bonds. The van der Waals surface area contributed by atoms with Crippen molar-refractivity contribution in [3.63, 3.8) is 0 Å². The normalized spacial score (nSPS) is 16.8. The second-order valence-corrected chi connectivity index (χ2v) is 7.47. The third-order valence-electron chi connectivity index (χ3n) is 3.08. The van der Waals surface area contributed by atoms with E-state index in [1.807, 2.05) is 27.3 Å². The third kappa shape index (κ3) is 3.01. The Bertz CT molecular complexity index is 272. The smallest absolute Gasteiger partial charge is 0.378 e. The average Bonchev–Trinajstić information content (AvgIpc) is 2.30. The first-order chi connectivity index (χ1) is 8.33. The van der Waals surface area contributed by atoms with E-state index >= 15 is 0 Å². The summed E-state index contributed by atoms with van der Waals surface area (Å²) < 4.78 is 11.7. The van der Waals surface area contributed by atoms with Crippen LogP contribution in [-0.4, -0.2) is 38.0 Å². The molecule has 6 heteroatoms. The summed E-state index contributed by atoms with van der Waals surface area (Å²) >= 11 is 0. The molecule has 0 aliphatic heterocycles. The molecule has 0 aromatic heterocycles. The summed E-state index contributed by atoms with van der Waals surface area (Å²) in [7, 11) is -2.73. The number of nitrogens with zero attached hydrogens (tertiary/aromatic N) is 1. The van der Waals surface area contributed by atoms with E-state index < -0.39 is 13.8 Å². The van der Waals surface area contributed by atoms with Crippen LogP contribution in [0.15, 0.2) is 25.6 Å². The molecule has 4 N–H and O–H groups in total. The minimum Gasteiger partial charge on any atom is -0.393 e. The number of hydrogen-bond donors (Lipinski definition) is 2. The van der Waals surface area contributed by atoms with Crippen molar-refractivity contribution >= 4 is 8.56 Å². The van der Waals surface area contributed by atoms with Gasteiger partial charge in [-0.15, -0.1) is 0 Å². The van der Waals surface area contributed by atoms with Gasteiger partial charge >= 0.3 is 8.56 Å². The molecular formula is C12H27N3O2Si. The monoisotopic (exact) mass is 273 g/mol. The third-order valence-corrected chi connectivity index (χ3v) is 6.93. The molecule has 0 heterocycles. The molecule has 2 unspecified atom stereocenters. The first-order valence-electron chi connectivity index (χ1n) is 6.19. The van der Waals surface area contributed by atoms with E-state index in [0.717, 1.165) is 0 Å². The van der Waals surface area contributed by atoms with E-state index in [1.54, 1.807) is 17.3 Å². The van der Waals surface area contributed by atoms with Gasteiger partial charge in [0.1, 0.15) is 0 Å². The van der Waals surface area contributed by atoms with E-state index in [-0.39, 0.29) is 6.04 Å². The Hall–Kier alpha value is -0.663. The largest absolute Gasteiger partial charge is 0.393 e. The van der Waals surface area contributed by atoms with Gasteiger partial charge in [0, 0.05) is 19.3 Å². The van der Waals surface area contributed by atoms with Gasteiger partial charge in [-0.05, 0) is 39.7 Å². The summed E-state index contributed by atoms with van der Waals surface area (Å²) in [5.74, 6) is 0. The quantitative estimate of drug-likeness (QED) is 0.489. The second-order valence-electron chi connectivity index (χ2n) is 4.20. The highest BCUT2D eigenvalue weighted by molar-refractivity contribution is 6.69. The summed E-state index contributed by atoms with van der Waals surface area (Å²) in [4.78, 5) is 1.69. The zero-order valence-corrected chi connectivity index (χ0v) is 13.0. The van der Waals surface area contributed by atoms with Gasteiger partial charge in [0.2, 0.25) is 0 Å². The highest BCUT2D eigenvalue weighted by Gasteiger charge is 2.57. The summed E-state index contributed by atoms with van der Waals surface area (Å²) in [6.45, 7) is 16.1. The molecule has 0 aliphatic rings. The van der Waals surface area contributed by atoms with Gasteiger partial charge < -0.3 is 25.2 Å². The van der Waals surface area contributed by atoms with Gasteiger partial charge in [-0.1, -0.05) is 13.2 Å². The van der Waals surface area contributed by atoms with Crippen LogP contribution >= 0.6 is 0 Å². The first kappa shape index (κ1) is 17.3. The Labute approximate surface area is 112 Å². The Kier molecular flexibility index (Phi) is 6.80. The lowest BCUT2D eigenvalue weighted by molar-refractivity contribution is 0.111. The molecule has 0 bridgehead atoms. The highest BCUT2D eigenvalue weighted by Crippen LogP contribution is 2.28. The molecule has 106 valence electrons. The van der Waals surface area contributed by atoms with Gasteiger partial charge in [0.05, 0.1) is 0 Å². The van der Waals surface area contributed by atoms with Crippen molar-refractivity contribution in [1.82, 2.24) is 4.90 Å². The van der Waals surface area contributed by atoms with Crippen LogP contribution < -0.4 is 11.5 Å². The Morgan fingerprint density at radius 3 is 1.89 bits per heavy atom. The molecule has 0 aromatic carbocycles. The Balaban J connectivity index is 5.64. The van der Waals surface area contributed by atoms with Gasteiger partial charge in [-0.2, -0.15) is 0 Å². The predicted molar refractivity (Wildman–Crippen MR) is 77.7 cm³/mol. The molecule has 0 spiro atoms. The maximum atomic E-state index is 6.53. The van der Waals surface area contributed by atoms with Crippen LogP contribution in [0, 0.1) is 0 Å². The molecule has 0 radical (unpaired) electrons. The molecule has 0 saturated heterocycles. The lowest BCUT2D eigenvalue weighted by Gasteiger charge is -2.49. The lowest BCUT2D eigenvalue weighted by atomic mass is 10.2. The van der Waals surface area contributed by atoms with E-state index in [0.29, 0.717) is 13.2 Å². The average molecular weight is 273 g/mol. The molecule has 0 rings (SSSR count). The maximum absolute atomic E-state index is 6.53. The molecule has 0 aliphatic carbocycles. The van der Waals surface area contributed by atoms with Gasteiger partial charge in [-0.3, -0.25) is 0 Å². The topological polar surface area (TPSA) is 73.7 Å². The van der Waals surface area contributed by atoms with E-state index in [2.05, 4.69) is 13.2 Å². The lowest BCUT2D eigenvalue weighted by Crippen LogP contribution is -2.78. The number of hydrogen-bond acceptors (Lipinski definition) is 5. The van der Waals surface area contributed by atoms with E-state index in [4.69, 9.17) is 20.3 Å². The van der Waals surface area contributed by atoms with Crippen LogP contribution in [0.5, 0.6) is 0 Å². The molecule has 5 nitrogen and oxygen atoms in total. The molecule has 0 aromatic rings. The molecule has 0 saturated carbocycles. The standard InChI is InChI=1S/C12H27N3O2Si/c1-7-15(8-2)12(14,11(5)13)18(6,16-9-3)17-10-4/h7-8,11H,1-2,9-10,13-14H2,3-6H3. The van der Waals surface area contributed by atoms with Crippen LogP contribution in [0.3, 0.4) is 0 Å². The summed E-state index contributed by atoms with van der Waals surface area (Å²) in [5.41, 5.74) is 12.6. The summed E-state index contributed by atoms with van der Waals surface area (Å²) in [6.07, 6.45) is 3.19.